The van der Waals surface area contributed by atoms with E-state index in [9.17, 15) is 9.59 Å². The van der Waals surface area contributed by atoms with Gasteiger partial charge in [0, 0.05) is 48.3 Å². The molecule has 23 heavy (non-hydrogen) atoms. The molecule has 3 rings (SSSR count). The number of carbonyl (C=O) groups is 2. The minimum absolute atomic E-state index is 0.000713. The summed E-state index contributed by atoms with van der Waals surface area (Å²) in [4.78, 5) is 28.8. The van der Waals surface area contributed by atoms with Gasteiger partial charge in [-0.2, -0.15) is 11.8 Å². The monoisotopic (exact) mass is 332 g/mol. The topological polar surface area (TPSA) is 40.6 Å². The van der Waals surface area contributed by atoms with Gasteiger partial charge in [0.15, 0.2) is 5.78 Å². The summed E-state index contributed by atoms with van der Waals surface area (Å²) in [6, 6.07) is 5.82. The zero-order chi connectivity index (χ0) is 16.4. The van der Waals surface area contributed by atoms with E-state index in [1.54, 1.807) is 0 Å². The molecule has 0 saturated carbocycles. The quantitative estimate of drug-likeness (QED) is 0.794. The second-order valence-electron chi connectivity index (χ2n) is 6.55. The number of ketones is 1. The summed E-state index contributed by atoms with van der Waals surface area (Å²) in [5.41, 5.74) is 2.88. The molecule has 124 valence electrons. The highest BCUT2D eigenvalue weighted by molar-refractivity contribution is 7.99. The summed E-state index contributed by atoms with van der Waals surface area (Å²) in [5.74, 6) is 2.58. The van der Waals surface area contributed by atoms with Gasteiger partial charge >= 0.3 is 0 Å². The molecule has 2 aliphatic heterocycles. The van der Waals surface area contributed by atoms with Crippen LogP contribution in [0.5, 0.6) is 0 Å². The molecule has 0 aromatic heterocycles. The molecule has 0 radical (unpaired) electrons. The summed E-state index contributed by atoms with van der Waals surface area (Å²) in [6.07, 6.45) is 0.843. The zero-order valence-electron chi connectivity index (χ0n) is 13.9. The molecule has 1 aromatic carbocycles. The number of thioether (sulfide) groups is 1. The van der Waals surface area contributed by atoms with Crippen molar-refractivity contribution >= 4 is 29.1 Å². The van der Waals surface area contributed by atoms with Gasteiger partial charge in [0.2, 0.25) is 5.91 Å². The highest BCUT2D eigenvalue weighted by Gasteiger charge is 2.27. The van der Waals surface area contributed by atoms with Gasteiger partial charge in [-0.25, -0.2) is 0 Å². The van der Waals surface area contributed by atoms with E-state index in [0.717, 1.165) is 54.4 Å². The van der Waals surface area contributed by atoms with Crippen LogP contribution in [0.15, 0.2) is 18.2 Å². The summed E-state index contributed by atoms with van der Waals surface area (Å²) in [5, 5.41) is 0. The van der Waals surface area contributed by atoms with Crippen LogP contribution in [0.25, 0.3) is 0 Å². The maximum absolute atomic E-state index is 12.5. The zero-order valence-corrected chi connectivity index (χ0v) is 14.7. The molecule has 0 unspecified atom stereocenters. The summed E-state index contributed by atoms with van der Waals surface area (Å²) in [6.45, 7) is 7.08. The van der Waals surface area contributed by atoms with Gasteiger partial charge < -0.3 is 4.90 Å². The molecule has 2 heterocycles. The number of fused-ring (bicyclic) bond motifs is 1. The maximum Gasteiger partial charge on any atom is 0.229 e. The first-order valence-corrected chi connectivity index (χ1v) is 9.49. The van der Waals surface area contributed by atoms with Gasteiger partial charge in [-0.05, 0) is 30.2 Å². The third kappa shape index (κ3) is 3.61. The Hall–Kier alpha value is -1.33. The van der Waals surface area contributed by atoms with E-state index >= 15 is 0 Å². The number of amides is 1. The third-order valence-electron chi connectivity index (χ3n) is 4.53. The molecule has 0 aliphatic carbocycles. The number of anilines is 1. The van der Waals surface area contributed by atoms with E-state index < -0.39 is 0 Å². The van der Waals surface area contributed by atoms with E-state index in [2.05, 4.69) is 4.90 Å². The van der Waals surface area contributed by atoms with Crippen molar-refractivity contribution in [1.29, 1.82) is 0 Å². The van der Waals surface area contributed by atoms with Crippen LogP contribution in [0.2, 0.25) is 0 Å². The smallest absolute Gasteiger partial charge is 0.229 e. The number of hydrogen-bond acceptors (Lipinski definition) is 4. The van der Waals surface area contributed by atoms with Crippen LogP contribution in [0, 0.1) is 5.92 Å². The first kappa shape index (κ1) is 16.5. The van der Waals surface area contributed by atoms with Gasteiger partial charge in [-0.1, -0.05) is 13.8 Å². The van der Waals surface area contributed by atoms with Crippen LogP contribution in [-0.2, 0) is 11.2 Å². The molecular formula is C18H24N2O2S. The fourth-order valence-electron chi connectivity index (χ4n) is 3.17. The van der Waals surface area contributed by atoms with Gasteiger partial charge in [-0.15, -0.1) is 0 Å². The lowest BCUT2D eigenvalue weighted by molar-refractivity contribution is -0.121. The number of carbonyl (C=O) groups excluding carboxylic acids is 2. The molecule has 2 aliphatic rings. The molecular weight excluding hydrogens is 308 g/mol. The van der Waals surface area contributed by atoms with Crippen molar-refractivity contribution in [3.63, 3.8) is 0 Å². The van der Waals surface area contributed by atoms with Crippen LogP contribution in [-0.4, -0.2) is 54.3 Å². The fourth-order valence-corrected chi connectivity index (χ4v) is 4.15. The summed E-state index contributed by atoms with van der Waals surface area (Å²) >= 11 is 1.95. The van der Waals surface area contributed by atoms with Crippen molar-refractivity contribution in [3.8, 4) is 0 Å². The average Bonchev–Trinajstić information content (AvgIpc) is 2.97. The lowest BCUT2D eigenvalue weighted by Crippen LogP contribution is -2.36. The van der Waals surface area contributed by atoms with Crippen molar-refractivity contribution in [2.75, 3.05) is 42.6 Å². The van der Waals surface area contributed by atoms with Crippen LogP contribution in [0.3, 0.4) is 0 Å². The lowest BCUT2D eigenvalue weighted by atomic mass is 10.0. The largest absolute Gasteiger partial charge is 0.312 e. The first-order chi connectivity index (χ1) is 11.1. The molecule has 1 saturated heterocycles. The minimum Gasteiger partial charge on any atom is -0.312 e. The standard InChI is InChI=1S/C18H24N2O2S/c1-13(2)18(22)20-6-5-14-11-15(3-4-16(14)20)17(21)12-19-7-9-23-10-8-19/h3-4,11,13H,5-10,12H2,1-2H3. The predicted molar refractivity (Wildman–Crippen MR) is 95.4 cm³/mol. The van der Waals surface area contributed by atoms with Crippen LogP contribution < -0.4 is 4.90 Å². The molecule has 4 nitrogen and oxygen atoms in total. The Kier molecular flexibility index (Phi) is 5.07. The van der Waals surface area contributed by atoms with Crippen molar-refractivity contribution < 1.29 is 9.59 Å². The average molecular weight is 332 g/mol. The summed E-state index contributed by atoms with van der Waals surface area (Å²) < 4.78 is 0. The summed E-state index contributed by atoms with van der Waals surface area (Å²) in [7, 11) is 0. The Labute approximate surface area is 142 Å². The van der Waals surface area contributed by atoms with Crippen LogP contribution in [0.4, 0.5) is 5.69 Å². The van der Waals surface area contributed by atoms with E-state index in [1.165, 1.54) is 0 Å². The Bertz CT molecular complexity index is 609. The van der Waals surface area contributed by atoms with E-state index in [-0.39, 0.29) is 17.6 Å². The minimum atomic E-state index is -0.000713. The van der Waals surface area contributed by atoms with Crippen molar-refractivity contribution in [1.82, 2.24) is 4.90 Å². The van der Waals surface area contributed by atoms with E-state index in [0.29, 0.717) is 6.54 Å². The van der Waals surface area contributed by atoms with Crippen molar-refractivity contribution in [2.45, 2.75) is 20.3 Å². The molecule has 0 N–H and O–H groups in total. The highest BCUT2D eigenvalue weighted by atomic mass is 32.2. The highest BCUT2D eigenvalue weighted by Crippen LogP contribution is 2.30. The molecule has 1 aromatic rings. The fraction of sp³-hybridized carbons (Fsp3) is 0.556. The molecule has 5 heteroatoms. The predicted octanol–water partition coefficient (Wildman–Crippen LogP) is 2.46. The maximum atomic E-state index is 12.5. The van der Waals surface area contributed by atoms with Crippen LogP contribution >= 0.6 is 11.8 Å². The molecule has 1 amide bonds. The van der Waals surface area contributed by atoms with Gasteiger partial charge in [0.25, 0.3) is 0 Å². The second-order valence-corrected chi connectivity index (χ2v) is 7.77. The number of hydrogen-bond donors (Lipinski definition) is 0. The second kappa shape index (κ2) is 7.05. The van der Waals surface area contributed by atoms with Crippen molar-refractivity contribution in [3.05, 3.63) is 29.3 Å². The number of Topliss-reactive ketones (excluding diaryl/α,β-unsaturated/α-hetero) is 1. The van der Waals surface area contributed by atoms with E-state index in [4.69, 9.17) is 0 Å². The Morgan fingerprint density at radius 1 is 1.17 bits per heavy atom. The molecule has 0 bridgehead atoms. The Morgan fingerprint density at radius 3 is 2.61 bits per heavy atom. The van der Waals surface area contributed by atoms with Gasteiger partial charge in [0.1, 0.15) is 0 Å². The normalized spacial score (nSPS) is 18.3. The first-order valence-electron chi connectivity index (χ1n) is 8.34. The Morgan fingerprint density at radius 2 is 1.91 bits per heavy atom. The van der Waals surface area contributed by atoms with Crippen LogP contribution in [0.1, 0.15) is 29.8 Å². The molecule has 0 spiro atoms. The molecule has 0 atom stereocenters. The van der Waals surface area contributed by atoms with Gasteiger partial charge in [0.05, 0.1) is 6.54 Å². The van der Waals surface area contributed by atoms with Crippen molar-refractivity contribution in [2.24, 2.45) is 5.92 Å². The lowest BCUT2D eigenvalue weighted by Gasteiger charge is -2.25. The number of nitrogens with zero attached hydrogens (tertiary/aromatic N) is 2. The Balaban J connectivity index is 1.71. The SMILES string of the molecule is CC(C)C(=O)N1CCc2cc(C(=O)CN3CCSCC3)ccc21. The molecule has 1 fully saturated rings. The van der Waals surface area contributed by atoms with Gasteiger partial charge in [-0.3, -0.25) is 14.5 Å². The number of benzene rings is 1. The third-order valence-corrected chi connectivity index (χ3v) is 5.47. The van der Waals surface area contributed by atoms with E-state index in [1.807, 2.05) is 48.7 Å². The number of rotatable bonds is 4.